The number of piperidine rings is 1. The molecule has 0 aromatic carbocycles. The van der Waals surface area contributed by atoms with E-state index in [0.29, 0.717) is 23.7 Å². The standard InChI is InChI=1S/C11H15ClN2O.CH2F2/c1-3-4-7-13-11-9(8(2)12)5-6-10(15)14-11;2-1-3/h4,7H,3,5-6H2,1-2H3,(H,13,14,15);1H2/b7-4+,9-8+;. The van der Waals surface area contributed by atoms with Gasteiger partial charge in [0.1, 0.15) is 5.84 Å². The van der Waals surface area contributed by atoms with Crippen molar-refractivity contribution in [1.82, 2.24) is 5.32 Å². The number of amides is 1. The van der Waals surface area contributed by atoms with Gasteiger partial charge in [-0.05, 0) is 19.8 Å². The van der Waals surface area contributed by atoms with E-state index in [1.807, 2.05) is 19.9 Å². The average Bonchev–Trinajstić information content (AvgIpc) is 2.30. The van der Waals surface area contributed by atoms with E-state index in [1.165, 1.54) is 0 Å². The summed E-state index contributed by atoms with van der Waals surface area (Å²) in [5.74, 6) is 0.587. The van der Waals surface area contributed by atoms with Crippen LogP contribution in [-0.2, 0) is 4.79 Å². The maximum absolute atomic E-state index is 11.2. The molecule has 0 radical (unpaired) electrons. The van der Waals surface area contributed by atoms with Crippen molar-refractivity contribution in [2.75, 3.05) is 6.93 Å². The number of hydrogen-bond donors (Lipinski definition) is 1. The van der Waals surface area contributed by atoms with Crippen molar-refractivity contribution < 1.29 is 13.6 Å². The highest BCUT2D eigenvalue weighted by atomic mass is 35.5. The van der Waals surface area contributed by atoms with Crippen molar-refractivity contribution in [3.63, 3.8) is 0 Å². The first-order valence-electron chi connectivity index (χ1n) is 5.57. The molecule has 1 saturated heterocycles. The summed E-state index contributed by atoms with van der Waals surface area (Å²) < 4.78 is 19.2. The quantitative estimate of drug-likeness (QED) is 0.824. The largest absolute Gasteiger partial charge is 0.310 e. The van der Waals surface area contributed by atoms with E-state index < -0.39 is 6.93 Å². The van der Waals surface area contributed by atoms with Crippen LogP contribution >= 0.6 is 11.6 Å². The Kier molecular flexibility index (Phi) is 9.10. The predicted molar refractivity (Wildman–Crippen MR) is 69.9 cm³/mol. The minimum Gasteiger partial charge on any atom is -0.310 e. The van der Waals surface area contributed by atoms with Crippen molar-refractivity contribution in [1.29, 1.82) is 0 Å². The smallest absolute Gasteiger partial charge is 0.229 e. The molecule has 0 aliphatic carbocycles. The molecule has 1 aliphatic heterocycles. The SMILES string of the molecule is CC/C=C/N=C1\NC(=O)CC\C1=C(\C)Cl.FCF. The van der Waals surface area contributed by atoms with Gasteiger partial charge in [0.05, 0.1) is 0 Å². The van der Waals surface area contributed by atoms with Crippen LogP contribution in [0.4, 0.5) is 8.78 Å². The number of rotatable bonds is 2. The van der Waals surface area contributed by atoms with Crippen LogP contribution in [0.3, 0.4) is 0 Å². The number of alkyl halides is 2. The van der Waals surface area contributed by atoms with Gasteiger partial charge in [-0.15, -0.1) is 0 Å². The molecule has 1 aliphatic rings. The lowest BCUT2D eigenvalue weighted by Gasteiger charge is -2.18. The molecule has 0 aromatic heterocycles. The lowest BCUT2D eigenvalue weighted by atomic mass is 10.0. The molecule has 0 aromatic rings. The second kappa shape index (κ2) is 9.76. The Morgan fingerprint density at radius 2 is 2.11 bits per heavy atom. The third kappa shape index (κ3) is 6.49. The van der Waals surface area contributed by atoms with Crippen LogP contribution < -0.4 is 5.32 Å². The minimum absolute atomic E-state index is 0.000292. The number of nitrogens with zero attached hydrogens (tertiary/aromatic N) is 1. The Labute approximate surface area is 111 Å². The molecular formula is C12H17ClF2N2O. The van der Waals surface area contributed by atoms with E-state index in [9.17, 15) is 13.6 Å². The van der Waals surface area contributed by atoms with Gasteiger partial charge in [0.25, 0.3) is 0 Å². The van der Waals surface area contributed by atoms with Crippen molar-refractivity contribution in [2.45, 2.75) is 33.1 Å². The number of allylic oxidation sites excluding steroid dienone is 2. The summed E-state index contributed by atoms with van der Waals surface area (Å²) in [4.78, 5) is 15.4. The normalized spacial score (nSPS) is 20.5. The molecule has 0 atom stereocenters. The van der Waals surface area contributed by atoms with E-state index in [-0.39, 0.29) is 5.91 Å². The Balaban J connectivity index is 0.000000873. The summed E-state index contributed by atoms with van der Waals surface area (Å²) >= 11 is 5.94. The maximum atomic E-state index is 11.2. The highest BCUT2D eigenvalue weighted by Crippen LogP contribution is 2.19. The van der Waals surface area contributed by atoms with Gasteiger partial charge in [0.2, 0.25) is 12.8 Å². The van der Waals surface area contributed by atoms with Crippen LogP contribution in [-0.4, -0.2) is 18.7 Å². The summed E-state index contributed by atoms with van der Waals surface area (Å²) in [5, 5.41) is 3.42. The van der Waals surface area contributed by atoms with E-state index in [0.717, 1.165) is 12.0 Å². The van der Waals surface area contributed by atoms with Gasteiger partial charge in [-0.1, -0.05) is 24.6 Å². The second-order valence-corrected chi connectivity index (χ2v) is 4.00. The van der Waals surface area contributed by atoms with Crippen molar-refractivity contribution in [3.8, 4) is 0 Å². The molecule has 6 heteroatoms. The highest BCUT2D eigenvalue weighted by Gasteiger charge is 2.19. The van der Waals surface area contributed by atoms with Gasteiger partial charge in [-0.2, -0.15) is 0 Å². The molecule has 1 N–H and O–H groups in total. The summed E-state index contributed by atoms with van der Waals surface area (Å²) in [5.41, 5.74) is 0.928. The van der Waals surface area contributed by atoms with Crippen LogP contribution in [0.5, 0.6) is 0 Å². The number of hydrogen-bond acceptors (Lipinski definition) is 2. The fraction of sp³-hybridized carbons (Fsp3) is 0.500. The molecular weight excluding hydrogens is 262 g/mol. The Hall–Kier alpha value is -1.23. The number of amidine groups is 1. The zero-order valence-corrected chi connectivity index (χ0v) is 11.2. The first-order chi connectivity index (χ1) is 8.56. The molecule has 18 heavy (non-hydrogen) atoms. The monoisotopic (exact) mass is 278 g/mol. The predicted octanol–water partition coefficient (Wildman–Crippen LogP) is 3.61. The average molecular weight is 279 g/mol. The number of aliphatic imine (C=N–C) groups is 1. The first kappa shape index (κ1) is 16.8. The molecule has 0 unspecified atom stereocenters. The van der Waals surface area contributed by atoms with Crippen LogP contribution in [0.2, 0.25) is 0 Å². The molecule has 0 saturated carbocycles. The number of carbonyl (C=O) groups excluding carboxylic acids is 1. The lowest BCUT2D eigenvalue weighted by molar-refractivity contribution is -0.119. The van der Waals surface area contributed by atoms with Gasteiger partial charge >= 0.3 is 0 Å². The van der Waals surface area contributed by atoms with Crippen LogP contribution in [0.15, 0.2) is 27.9 Å². The Morgan fingerprint density at radius 3 is 2.61 bits per heavy atom. The van der Waals surface area contributed by atoms with Gasteiger partial charge in [0, 0.05) is 23.2 Å². The van der Waals surface area contributed by atoms with Crippen LogP contribution in [0.25, 0.3) is 0 Å². The number of halogens is 3. The van der Waals surface area contributed by atoms with Crippen LogP contribution in [0.1, 0.15) is 33.1 Å². The summed E-state index contributed by atoms with van der Waals surface area (Å²) in [6.45, 7) is 2.09. The summed E-state index contributed by atoms with van der Waals surface area (Å²) in [6, 6.07) is 0. The van der Waals surface area contributed by atoms with Gasteiger partial charge < -0.3 is 5.32 Å². The summed E-state index contributed by atoms with van der Waals surface area (Å²) in [6.07, 6.45) is 5.69. The second-order valence-electron chi connectivity index (χ2n) is 3.43. The molecule has 0 spiro atoms. The maximum Gasteiger partial charge on any atom is 0.229 e. The lowest BCUT2D eigenvalue weighted by Crippen LogP contribution is -2.36. The number of nitrogens with one attached hydrogen (secondary N) is 1. The molecule has 1 rings (SSSR count). The van der Waals surface area contributed by atoms with Crippen molar-refractivity contribution >= 4 is 23.3 Å². The third-order valence-corrected chi connectivity index (χ3v) is 2.33. The molecule has 1 fully saturated rings. The van der Waals surface area contributed by atoms with Crippen molar-refractivity contribution in [3.05, 3.63) is 22.9 Å². The molecule has 1 heterocycles. The van der Waals surface area contributed by atoms with E-state index in [4.69, 9.17) is 11.6 Å². The third-order valence-electron chi connectivity index (χ3n) is 2.11. The molecule has 1 amide bonds. The zero-order chi connectivity index (χ0) is 14.0. The van der Waals surface area contributed by atoms with Gasteiger partial charge in [-0.25, -0.2) is 13.8 Å². The number of carbonyl (C=O) groups is 1. The molecule has 3 nitrogen and oxygen atoms in total. The van der Waals surface area contributed by atoms with Crippen molar-refractivity contribution in [2.24, 2.45) is 4.99 Å². The topological polar surface area (TPSA) is 41.5 Å². The van der Waals surface area contributed by atoms with E-state index in [1.54, 1.807) is 6.20 Å². The molecule has 102 valence electrons. The van der Waals surface area contributed by atoms with E-state index in [2.05, 4.69) is 10.3 Å². The Morgan fingerprint density at radius 1 is 1.50 bits per heavy atom. The van der Waals surface area contributed by atoms with Gasteiger partial charge in [0.15, 0.2) is 0 Å². The first-order valence-corrected chi connectivity index (χ1v) is 5.94. The summed E-state index contributed by atoms with van der Waals surface area (Å²) in [7, 11) is 0. The zero-order valence-electron chi connectivity index (χ0n) is 10.5. The Bertz CT molecular complexity index is 361. The fourth-order valence-electron chi connectivity index (χ4n) is 1.31. The van der Waals surface area contributed by atoms with Crippen LogP contribution in [0, 0.1) is 0 Å². The highest BCUT2D eigenvalue weighted by molar-refractivity contribution is 6.32. The van der Waals surface area contributed by atoms with Gasteiger partial charge in [-0.3, -0.25) is 4.79 Å². The minimum atomic E-state index is -1.75. The van der Waals surface area contributed by atoms with E-state index >= 15 is 0 Å². The molecule has 0 bridgehead atoms. The fourth-order valence-corrected chi connectivity index (χ4v) is 1.49.